The van der Waals surface area contributed by atoms with E-state index < -0.39 is 14.9 Å². The van der Waals surface area contributed by atoms with E-state index in [1.165, 1.54) is 19.2 Å². The van der Waals surface area contributed by atoms with Crippen molar-refractivity contribution in [3.05, 3.63) is 33.9 Å². The normalized spacial score (nSPS) is 16.9. The number of hydrogen-bond acceptors (Lipinski definition) is 4. The molecule has 1 aromatic rings. The van der Waals surface area contributed by atoms with Gasteiger partial charge >= 0.3 is 0 Å². The molecule has 8 heteroatoms. The summed E-state index contributed by atoms with van der Waals surface area (Å²) in [6.07, 6.45) is 2.80. The van der Waals surface area contributed by atoms with Crippen LogP contribution >= 0.6 is 15.9 Å². The van der Waals surface area contributed by atoms with Gasteiger partial charge in [0, 0.05) is 16.5 Å². The van der Waals surface area contributed by atoms with E-state index in [0.29, 0.717) is 17.9 Å². The molecule has 1 N–H and O–H groups in total. The number of hydrogen-bond donors (Lipinski definition) is 1. The van der Waals surface area contributed by atoms with Gasteiger partial charge in [-0.25, -0.2) is 13.1 Å². The molecule has 0 saturated heterocycles. The first kappa shape index (κ1) is 15.4. The van der Waals surface area contributed by atoms with Crippen LogP contribution in [-0.4, -0.2) is 25.2 Å². The Morgan fingerprint density at radius 3 is 2.65 bits per heavy atom. The maximum Gasteiger partial charge on any atom is 0.273 e. The summed E-state index contributed by atoms with van der Waals surface area (Å²) in [5.41, 5.74) is 0.408. The van der Waals surface area contributed by atoms with Gasteiger partial charge in [-0.2, -0.15) is 0 Å². The summed E-state index contributed by atoms with van der Waals surface area (Å²) >= 11 is 3.54. The van der Waals surface area contributed by atoms with Gasteiger partial charge in [0.25, 0.3) is 5.69 Å². The lowest BCUT2D eigenvalue weighted by Gasteiger charge is -2.10. The van der Waals surface area contributed by atoms with Crippen LogP contribution in [0.1, 0.15) is 18.4 Å². The molecule has 0 bridgehead atoms. The van der Waals surface area contributed by atoms with Crippen molar-refractivity contribution in [1.29, 1.82) is 0 Å². The minimum absolute atomic E-state index is 0.0898. The second kappa shape index (κ2) is 5.79. The lowest BCUT2D eigenvalue weighted by molar-refractivity contribution is -0.385. The summed E-state index contributed by atoms with van der Waals surface area (Å²) in [7, 11) is -2.40. The average molecular weight is 363 g/mol. The summed E-state index contributed by atoms with van der Waals surface area (Å²) in [4.78, 5) is 10.7. The van der Waals surface area contributed by atoms with Crippen LogP contribution < -0.4 is 4.72 Å². The molecule has 110 valence electrons. The van der Waals surface area contributed by atoms with Crippen LogP contribution in [-0.2, 0) is 16.4 Å². The fourth-order valence-electron chi connectivity index (χ4n) is 2.01. The van der Waals surface area contributed by atoms with E-state index in [-0.39, 0.29) is 15.4 Å². The van der Waals surface area contributed by atoms with Gasteiger partial charge in [0.05, 0.1) is 9.82 Å². The summed E-state index contributed by atoms with van der Waals surface area (Å²) in [5, 5.41) is 11.1. The molecule has 0 spiro atoms. The van der Waals surface area contributed by atoms with Crippen molar-refractivity contribution in [3.63, 3.8) is 0 Å². The van der Waals surface area contributed by atoms with Gasteiger partial charge in [-0.15, -0.1) is 0 Å². The van der Waals surface area contributed by atoms with Crippen LogP contribution in [0, 0.1) is 16.0 Å². The minimum atomic E-state index is -3.67. The molecule has 1 aliphatic carbocycles. The van der Waals surface area contributed by atoms with Crippen molar-refractivity contribution in [2.45, 2.75) is 29.0 Å². The molecule has 1 aromatic carbocycles. The van der Waals surface area contributed by atoms with Crippen LogP contribution in [0.5, 0.6) is 0 Å². The Labute approximate surface area is 125 Å². The zero-order chi connectivity index (χ0) is 14.9. The van der Waals surface area contributed by atoms with Crippen LogP contribution in [0.4, 0.5) is 5.69 Å². The van der Waals surface area contributed by atoms with Gasteiger partial charge in [-0.05, 0) is 38.3 Å². The highest BCUT2D eigenvalue weighted by Crippen LogP contribution is 2.39. The molecule has 1 aliphatic rings. The zero-order valence-electron chi connectivity index (χ0n) is 10.9. The maximum atomic E-state index is 11.7. The highest BCUT2D eigenvalue weighted by Gasteiger charge is 2.31. The second-order valence-electron chi connectivity index (χ2n) is 4.81. The van der Waals surface area contributed by atoms with Crippen molar-refractivity contribution < 1.29 is 13.3 Å². The molecule has 1 unspecified atom stereocenters. The molecule has 0 aliphatic heterocycles. The van der Waals surface area contributed by atoms with Gasteiger partial charge in [0.2, 0.25) is 10.0 Å². The quantitative estimate of drug-likeness (QED) is 0.477. The van der Waals surface area contributed by atoms with E-state index in [1.54, 1.807) is 0 Å². The topological polar surface area (TPSA) is 89.3 Å². The molecule has 0 radical (unpaired) electrons. The van der Waals surface area contributed by atoms with Crippen LogP contribution in [0.15, 0.2) is 23.1 Å². The molecular weight excluding hydrogens is 348 g/mol. The fourth-order valence-corrected chi connectivity index (χ4v) is 3.63. The number of nitro benzene ring substituents is 1. The number of halogens is 1. The summed E-state index contributed by atoms with van der Waals surface area (Å²) in [6.45, 7) is 0. The molecule has 6 nitrogen and oxygen atoms in total. The Hall–Kier alpha value is -0.990. The highest BCUT2D eigenvalue weighted by atomic mass is 79.9. The van der Waals surface area contributed by atoms with Gasteiger partial charge < -0.3 is 0 Å². The molecule has 2 rings (SSSR count). The molecular formula is C12H15BrN2O4S. The van der Waals surface area contributed by atoms with Crippen molar-refractivity contribution in [2.75, 3.05) is 7.05 Å². The standard InChI is InChI=1S/C12H15BrN2O4S/c1-14-20(18,19)10-5-4-9(12(7-10)15(16)17)6-11(13)8-2-3-8/h4-5,7-8,11,14H,2-3,6H2,1H3. The van der Waals surface area contributed by atoms with Crippen molar-refractivity contribution in [3.8, 4) is 0 Å². The zero-order valence-corrected chi connectivity index (χ0v) is 13.3. The van der Waals surface area contributed by atoms with Gasteiger partial charge in [0.15, 0.2) is 0 Å². The Morgan fingerprint density at radius 2 is 2.15 bits per heavy atom. The Morgan fingerprint density at radius 1 is 1.50 bits per heavy atom. The molecule has 0 amide bonds. The Bertz CT molecular complexity index is 628. The fraction of sp³-hybridized carbons (Fsp3) is 0.500. The van der Waals surface area contributed by atoms with Crippen molar-refractivity contribution >= 4 is 31.6 Å². The van der Waals surface area contributed by atoms with E-state index in [4.69, 9.17) is 0 Å². The number of rotatable bonds is 6. The summed E-state index contributed by atoms with van der Waals surface area (Å²) < 4.78 is 25.5. The predicted octanol–water partition coefficient (Wildman–Crippen LogP) is 2.22. The average Bonchev–Trinajstić information content (AvgIpc) is 3.23. The van der Waals surface area contributed by atoms with E-state index >= 15 is 0 Å². The molecule has 0 aromatic heterocycles. The second-order valence-corrected chi connectivity index (χ2v) is 7.88. The smallest absolute Gasteiger partial charge is 0.258 e. The molecule has 1 atom stereocenters. The lowest BCUT2D eigenvalue weighted by atomic mass is 10.1. The van der Waals surface area contributed by atoms with E-state index in [9.17, 15) is 18.5 Å². The van der Waals surface area contributed by atoms with Crippen LogP contribution in [0.3, 0.4) is 0 Å². The van der Waals surface area contributed by atoms with Crippen molar-refractivity contribution in [2.24, 2.45) is 5.92 Å². The molecule has 0 heterocycles. The van der Waals surface area contributed by atoms with E-state index in [2.05, 4.69) is 20.7 Å². The van der Waals surface area contributed by atoms with Gasteiger partial charge in [-0.3, -0.25) is 10.1 Å². The maximum absolute atomic E-state index is 11.7. The molecule has 1 saturated carbocycles. The van der Waals surface area contributed by atoms with E-state index in [0.717, 1.165) is 18.9 Å². The highest BCUT2D eigenvalue weighted by molar-refractivity contribution is 9.09. The number of sulfonamides is 1. The Kier molecular flexibility index (Phi) is 4.46. The third-order valence-corrected chi connectivity index (χ3v) is 5.86. The Balaban J connectivity index is 2.35. The minimum Gasteiger partial charge on any atom is -0.258 e. The first-order valence-corrected chi connectivity index (χ1v) is 8.60. The van der Waals surface area contributed by atoms with Gasteiger partial charge in [-0.1, -0.05) is 22.0 Å². The number of nitrogens with one attached hydrogen (secondary N) is 1. The largest absolute Gasteiger partial charge is 0.273 e. The molecule has 20 heavy (non-hydrogen) atoms. The summed E-state index contributed by atoms with van der Waals surface area (Å²) in [6, 6.07) is 4.05. The monoisotopic (exact) mass is 362 g/mol. The lowest BCUT2D eigenvalue weighted by Crippen LogP contribution is -2.19. The van der Waals surface area contributed by atoms with Gasteiger partial charge in [0.1, 0.15) is 0 Å². The first-order valence-electron chi connectivity index (χ1n) is 6.20. The number of benzene rings is 1. The predicted molar refractivity (Wildman–Crippen MR) is 78.5 cm³/mol. The van der Waals surface area contributed by atoms with Crippen molar-refractivity contribution in [1.82, 2.24) is 4.72 Å². The number of nitro groups is 1. The van der Waals surface area contributed by atoms with Crippen LogP contribution in [0.25, 0.3) is 0 Å². The van der Waals surface area contributed by atoms with E-state index in [1.807, 2.05) is 0 Å². The third kappa shape index (κ3) is 3.36. The number of nitrogens with zero attached hydrogens (tertiary/aromatic N) is 1. The summed E-state index contributed by atoms with van der Waals surface area (Å²) in [5.74, 6) is 0.565. The molecule has 1 fully saturated rings. The third-order valence-electron chi connectivity index (χ3n) is 3.38. The van der Waals surface area contributed by atoms with Crippen LogP contribution in [0.2, 0.25) is 0 Å². The number of alkyl halides is 1. The first-order chi connectivity index (χ1) is 9.35. The SMILES string of the molecule is CNS(=O)(=O)c1ccc(CC(Br)C2CC2)c([N+](=O)[O-])c1.